The number of benzene rings is 1. The molecule has 4 saturated carbocycles. The average Bonchev–Trinajstić information content (AvgIpc) is 3.76. The van der Waals surface area contributed by atoms with Crippen molar-refractivity contribution in [3.05, 3.63) is 85.9 Å². The Kier molecular flexibility index (Phi) is 12.6. The van der Waals surface area contributed by atoms with E-state index in [4.69, 9.17) is 25.5 Å². The first-order valence-electron chi connectivity index (χ1n) is 20.0. The van der Waals surface area contributed by atoms with Crippen molar-refractivity contribution < 1.29 is 21.8 Å². The van der Waals surface area contributed by atoms with Crippen LogP contribution >= 0.6 is 31.8 Å². The number of hydrogen-bond donors (Lipinski definition) is 2. The third-order valence-electron chi connectivity index (χ3n) is 12.5. The van der Waals surface area contributed by atoms with E-state index in [1.54, 1.807) is 31.8 Å². The van der Waals surface area contributed by atoms with E-state index in [0.717, 1.165) is 95.0 Å². The van der Waals surface area contributed by atoms with E-state index >= 15 is 0 Å². The fourth-order valence-corrected chi connectivity index (χ4v) is 12.4. The number of carbonyl (C=O) groups excluding carboxylic acids is 1. The molecule has 1 aliphatic heterocycles. The van der Waals surface area contributed by atoms with Crippen molar-refractivity contribution >= 4 is 70.5 Å². The fourth-order valence-electron chi connectivity index (χ4n) is 11.5. The number of fused-ring (bicyclic) bond motifs is 2. The number of aromatic nitrogens is 6. The van der Waals surface area contributed by atoms with Gasteiger partial charge < -0.3 is 41.5 Å². The molecule has 4 aliphatic carbocycles. The number of pyridine rings is 1. The number of rotatable bonds is 10. The molecular weight excluding hydrogens is 904 g/mol. The molecule has 4 fully saturated rings. The predicted octanol–water partition coefficient (Wildman–Crippen LogP) is 10.2. The van der Waals surface area contributed by atoms with Gasteiger partial charge in [0.15, 0.2) is 16.8 Å². The molecule has 58 heavy (non-hydrogen) atoms. The number of anilines is 4. The summed E-state index contributed by atoms with van der Waals surface area (Å²) in [6.07, 6.45) is 12.4. The average molecular weight is 959 g/mol. The van der Waals surface area contributed by atoms with Crippen LogP contribution in [0.25, 0.3) is 21.3 Å². The number of nitrogens with zero attached hydrogens (tertiary/aromatic N) is 7. The van der Waals surface area contributed by atoms with E-state index in [9.17, 15) is 4.79 Å². The molecule has 10 rings (SSSR count). The van der Waals surface area contributed by atoms with E-state index in [-0.39, 0.29) is 27.5 Å². The SMILES string of the molecule is [CH2-]CC[CH2-].[CH2-]COC12CC3(C)CC(C)(CC(Cn4ncc(-c5ccc(N6CCCc7c6nnc(Nc6nc8ccccc8s6)c7C)nc5C(N)=O)c4C)(C3)C1)C2.[Ni][I]. The van der Waals surface area contributed by atoms with Crippen molar-refractivity contribution in [1.29, 1.82) is 0 Å². The first kappa shape index (κ1) is 42.9. The first-order valence-corrected chi connectivity index (χ1v) is 24.0. The van der Waals surface area contributed by atoms with Gasteiger partial charge in [-0.2, -0.15) is 5.10 Å². The zero-order valence-electron chi connectivity index (χ0n) is 34.0. The number of amides is 1. The molecule has 2 atom stereocenters. The molecule has 2 unspecified atom stereocenters. The Morgan fingerprint density at radius 3 is 2.36 bits per heavy atom. The fraction of sp³-hybridized carbons (Fsp3) is 0.477. The van der Waals surface area contributed by atoms with E-state index in [1.807, 2.05) is 41.4 Å². The van der Waals surface area contributed by atoms with Gasteiger partial charge in [-0.1, -0.05) is 43.9 Å². The van der Waals surface area contributed by atoms with Crippen LogP contribution in [0.1, 0.15) is 98.9 Å². The van der Waals surface area contributed by atoms with Gasteiger partial charge in [-0.3, -0.25) is 9.48 Å². The normalized spacial score (nSPS) is 25.4. The summed E-state index contributed by atoms with van der Waals surface area (Å²) in [7, 11) is 0. The molecule has 0 radical (unpaired) electrons. The molecule has 11 nitrogen and oxygen atoms in total. The number of para-hydroxylation sites is 1. The molecule has 0 saturated heterocycles. The molecule has 1 aromatic carbocycles. The van der Waals surface area contributed by atoms with Crippen molar-refractivity contribution in [2.75, 3.05) is 23.4 Å². The van der Waals surface area contributed by atoms with Crippen LogP contribution in [0.15, 0.2) is 42.6 Å². The standard InChI is InChI=1S/C40H46N9O2S.C4H8.HI.Ni/c1-6-51-40-20-37(4)17-38(5,21-40)19-39(18-37,22-40)23-49-25(3)28(16-42-49)27-13-14-31(44-32(27)33(41)50)48-15-9-10-26-24(2)34(46-47-35(26)48)45-36-43-29-11-7-8-12-30(29)52-36;1-3-4-2;;/h7-8,11-14,16H,1,6,9-10,15,17-23H2,2-5H3,(H2,41,50)(H,43,45,46);1-4H2;1H;/q-1;-2;;+1/p-1. The molecule has 1 amide bonds. The van der Waals surface area contributed by atoms with E-state index < -0.39 is 5.91 Å². The van der Waals surface area contributed by atoms with Gasteiger partial charge in [-0.15, -0.1) is 10.2 Å². The molecule has 5 aromatic rings. The van der Waals surface area contributed by atoms with E-state index in [0.29, 0.717) is 30.4 Å². The van der Waals surface area contributed by atoms with Crippen molar-refractivity contribution in [2.24, 2.45) is 22.0 Å². The summed E-state index contributed by atoms with van der Waals surface area (Å²) in [6.45, 7) is 22.2. The second-order valence-corrected chi connectivity index (χ2v) is 18.5. The minimum absolute atomic E-state index is 0.0979. The first-order chi connectivity index (χ1) is 27.8. The second kappa shape index (κ2) is 17.0. The van der Waals surface area contributed by atoms with Crippen molar-refractivity contribution in [2.45, 2.75) is 104 Å². The molecule has 313 valence electrons. The Morgan fingerprint density at radius 2 is 1.69 bits per heavy atom. The number of hydrogen-bond acceptors (Lipinski definition) is 10. The number of halogens is 1. The maximum absolute atomic E-state index is 13.1. The van der Waals surface area contributed by atoms with Gasteiger partial charge in [-0.05, 0) is 106 Å². The number of carbonyl (C=O) groups is 1. The molecule has 4 bridgehead atoms. The monoisotopic (exact) mass is 957 g/mol. The van der Waals surface area contributed by atoms with E-state index in [2.05, 4.69) is 87.0 Å². The maximum atomic E-state index is 13.1. The molecule has 3 N–H and O–H groups in total. The Labute approximate surface area is 366 Å². The van der Waals surface area contributed by atoms with Crippen LogP contribution < -0.4 is 16.0 Å². The van der Waals surface area contributed by atoms with Crippen molar-refractivity contribution in [3.63, 3.8) is 0 Å². The van der Waals surface area contributed by atoms with Crippen LogP contribution in [0.5, 0.6) is 0 Å². The quantitative estimate of drug-likeness (QED) is 0.0796. The van der Waals surface area contributed by atoms with Crippen LogP contribution in [0.4, 0.5) is 22.6 Å². The predicted molar refractivity (Wildman–Crippen MR) is 238 cm³/mol. The van der Waals surface area contributed by atoms with Crippen LogP contribution in [0.3, 0.4) is 0 Å². The third-order valence-corrected chi connectivity index (χ3v) is 13.4. The zero-order valence-corrected chi connectivity index (χ0v) is 37.9. The van der Waals surface area contributed by atoms with Crippen LogP contribution in [-0.4, -0.2) is 54.6 Å². The van der Waals surface area contributed by atoms with Crippen molar-refractivity contribution in [3.8, 4) is 11.1 Å². The number of nitrogens with one attached hydrogen (secondary N) is 1. The van der Waals surface area contributed by atoms with Crippen LogP contribution in [0, 0.1) is 50.9 Å². The molecule has 0 spiro atoms. The van der Waals surface area contributed by atoms with Gasteiger partial charge in [-0.25, -0.2) is 22.8 Å². The summed E-state index contributed by atoms with van der Waals surface area (Å²) >= 11 is 7.21. The summed E-state index contributed by atoms with van der Waals surface area (Å²) in [6, 6.07) is 12.0. The van der Waals surface area contributed by atoms with Gasteiger partial charge in [0.05, 0.1) is 22.0 Å². The number of unbranched alkanes of at least 4 members (excludes halogenated alkanes) is 1. The van der Waals surface area contributed by atoms with Gasteiger partial charge in [0.1, 0.15) is 11.5 Å². The van der Waals surface area contributed by atoms with Gasteiger partial charge >= 0.3 is 32.8 Å². The van der Waals surface area contributed by atoms with E-state index in [1.165, 1.54) is 19.3 Å². The summed E-state index contributed by atoms with van der Waals surface area (Å²) in [5.74, 6) is 1.48. The molecule has 14 heteroatoms. The van der Waals surface area contributed by atoms with Gasteiger partial charge in [0.2, 0.25) is 0 Å². The van der Waals surface area contributed by atoms with Gasteiger partial charge in [0.25, 0.3) is 5.91 Å². The molecule has 4 aromatic heterocycles. The summed E-state index contributed by atoms with van der Waals surface area (Å²) in [5, 5.41) is 18.4. The summed E-state index contributed by atoms with van der Waals surface area (Å²) in [5.41, 5.74) is 12.4. The molecule has 5 heterocycles. The van der Waals surface area contributed by atoms with Gasteiger partial charge in [0, 0.05) is 41.0 Å². The Balaban J connectivity index is 0.000000806. The van der Waals surface area contributed by atoms with Crippen LogP contribution in [0.2, 0.25) is 0 Å². The van der Waals surface area contributed by atoms with Crippen LogP contribution in [-0.2, 0) is 30.0 Å². The molecule has 5 aliphatic rings. The minimum atomic E-state index is -0.576. The molecular formula is C44H54IN9NiO2S-3. The Hall–Kier alpha value is -3.20. The summed E-state index contributed by atoms with van der Waals surface area (Å²) in [4.78, 5) is 24.7. The Morgan fingerprint density at radius 1 is 0.966 bits per heavy atom. The number of primary amides is 1. The zero-order chi connectivity index (χ0) is 41.5. The number of thiazole rings is 1. The summed E-state index contributed by atoms with van der Waals surface area (Å²) < 4.78 is 9.75. The third kappa shape index (κ3) is 8.28. The Bertz CT molecular complexity index is 2240. The number of ether oxygens (including phenoxy) is 1. The topological polar surface area (TPSA) is 137 Å². The van der Waals surface area contributed by atoms with Crippen molar-refractivity contribution in [1.82, 2.24) is 29.9 Å². The number of nitrogens with two attached hydrogens (primary N) is 1. The second-order valence-electron chi connectivity index (χ2n) is 17.5.